The SMILES string of the molecule is O=C1NC(=O)C(Cc2ccc(CCCCOCCCCCCNC[C@H](O)c3ccc(O)c(CO)c3)cc2)N1. The fourth-order valence-electron chi connectivity index (χ4n) is 4.42. The molecule has 3 amide bonds. The van der Waals surface area contributed by atoms with Crippen LogP contribution in [0.25, 0.3) is 0 Å². The minimum Gasteiger partial charge on any atom is -0.508 e. The van der Waals surface area contributed by atoms with Gasteiger partial charge in [0.1, 0.15) is 11.8 Å². The number of aliphatic hydroxyl groups is 2. The molecular weight excluding hydrogens is 486 g/mol. The van der Waals surface area contributed by atoms with Gasteiger partial charge < -0.3 is 30.7 Å². The van der Waals surface area contributed by atoms with Crippen molar-refractivity contribution < 1.29 is 29.6 Å². The molecule has 1 fully saturated rings. The summed E-state index contributed by atoms with van der Waals surface area (Å²) in [5.41, 5.74) is 3.38. The van der Waals surface area contributed by atoms with E-state index in [1.165, 1.54) is 11.6 Å². The zero-order chi connectivity index (χ0) is 27.2. The third-order valence-electron chi connectivity index (χ3n) is 6.71. The van der Waals surface area contributed by atoms with Crippen LogP contribution in [0.3, 0.4) is 0 Å². The van der Waals surface area contributed by atoms with Gasteiger partial charge in [-0.05, 0) is 67.5 Å². The number of urea groups is 1. The third-order valence-corrected chi connectivity index (χ3v) is 6.71. The van der Waals surface area contributed by atoms with Gasteiger partial charge >= 0.3 is 6.03 Å². The van der Waals surface area contributed by atoms with E-state index in [0.717, 1.165) is 70.3 Å². The van der Waals surface area contributed by atoms with Crippen molar-refractivity contribution in [2.75, 3.05) is 26.3 Å². The number of aliphatic hydroxyl groups excluding tert-OH is 2. The highest BCUT2D eigenvalue weighted by molar-refractivity contribution is 6.04. The van der Waals surface area contributed by atoms with Crippen LogP contribution in [-0.4, -0.2) is 59.6 Å². The lowest BCUT2D eigenvalue weighted by Gasteiger charge is -2.14. The highest BCUT2D eigenvalue weighted by Gasteiger charge is 2.29. The number of aromatic hydroxyl groups is 1. The van der Waals surface area contributed by atoms with Crippen molar-refractivity contribution in [3.05, 3.63) is 64.7 Å². The minimum absolute atomic E-state index is 0.0371. The first-order chi connectivity index (χ1) is 18.5. The second-order valence-corrected chi connectivity index (χ2v) is 9.79. The van der Waals surface area contributed by atoms with E-state index in [1.807, 2.05) is 12.1 Å². The number of nitrogens with one attached hydrogen (secondary N) is 3. The van der Waals surface area contributed by atoms with Crippen LogP contribution >= 0.6 is 0 Å². The molecule has 0 aromatic heterocycles. The van der Waals surface area contributed by atoms with Crippen LogP contribution in [0.2, 0.25) is 0 Å². The fraction of sp³-hybridized carbons (Fsp3) is 0.517. The number of unbranched alkanes of at least 4 members (excludes halogenated alkanes) is 4. The summed E-state index contributed by atoms with van der Waals surface area (Å²) in [5.74, 6) is -0.232. The number of carbonyl (C=O) groups excluding carboxylic acids is 2. The molecule has 6 N–H and O–H groups in total. The van der Waals surface area contributed by atoms with Gasteiger partial charge in [-0.3, -0.25) is 10.1 Å². The zero-order valence-electron chi connectivity index (χ0n) is 22.0. The van der Waals surface area contributed by atoms with E-state index < -0.39 is 18.2 Å². The molecule has 2 aromatic carbocycles. The van der Waals surface area contributed by atoms with Gasteiger partial charge in [0, 0.05) is 31.7 Å². The van der Waals surface area contributed by atoms with Crippen molar-refractivity contribution in [2.45, 2.75) is 70.1 Å². The molecule has 2 atom stereocenters. The average Bonchev–Trinajstić information content (AvgIpc) is 3.23. The average molecular weight is 528 g/mol. The smallest absolute Gasteiger partial charge is 0.322 e. The molecule has 38 heavy (non-hydrogen) atoms. The second kappa shape index (κ2) is 16.1. The summed E-state index contributed by atoms with van der Waals surface area (Å²) in [7, 11) is 0. The summed E-state index contributed by atoms with van der Waals surface area (Å²) in [6.07, 6.45) is 7.18. The number of carbonyl (C=O) groups is 2. The van der Waals surface area contributed by atoms with Gasteiger partial charge in [0.05, 0.1) is 12.7 Å². The van der Waals surface area contributed by atoms with Crippen molar-refractivity contribution in [1.29, 1.82) is 0 Å². The summed E-state index contributed by atoms with van der Waals surface area (Å²) in [6.45, 7) is 2.55. The van der Waals surface area contributed by atoms with Crippen molar-refractivity contribution in [2.24, 2.45) is 0 Å². The molecule has 2 aromatic rings. The molecule has 208 valence electrons. The highest BCUT2D eigenvalue weighted by atomic mass is 16.5. The van der Waals surface area contributed by atoms with Crippen LogP contribution in [0.1, 0.15) is 66.9 Å². The first-order valence-electron chi connectivity index (χ1n) is 13.5. The standard InChI is InChI=1S/C29H41N3O6/c33-20-24-18-23(12-13-26(24)34)27(35)19-30-14-4-1-2-5-15-38-16-6-3-7-21-8-10-22(11-9-21)17-25-28(36)32-29(37)31-25/h8-13,18,25,27,30,33-35H,1-7,14-17,19-20H2,(H2,31,32,36,37)/t25?,27-/m0/s1. The molecule has 9 heteroatoms. The van der Waals surface area contributed by atoms with E-state index in [2.05, 4.69) is 28.1 Å². The highest BCUT2D eigenvalue weighted by Crippen LogP contribution is 2.22. The zero-order valence-corrected chi connectivity index (χ0v) is 22.0. The Morgan fingerprint density at radius 1 is 0.921 bits per heavy atom. The second-order valence-electron chi connectivity index (χ2n) is 9.79. The molecular formula is C29H41N3O6. The predicted molar refractivity (Wildman–Crippen MR) is 145 cm³/mol. The maximum absolute atomic E-state index is 11.7. The van der Waals surface area contributed by atoms with Crippen LogP contribution in [0.15, 0.2) is 42.5 Å². The lowest BCUT2D eigenvalue weighted by atomic mass is 10.0. The summed E-state index contributed by atoms with van der Waals surface area (Å²) in [6, 6.07) is 12.1. The Morgan fingerprint density at radius 3 is 2.34 bits per heavy atom. The quantitative estimate of drug-likeness (QED) is 0.129. The molecule has 0 saturated carbocycles. The van der Waals surface area contributed by atoms with E-state index in [9.17, 15) is 24.9 Å². The topological polar surface area (TPSA) is 140 Å². The largest absolute Gasteiger partial charge is 0.508 e. The molecule has 0 aliphatic carbocycles. The number of phenols is 1. The van der Waals surface area contributed by atoms with Gasteiger partial charge in [-0.2, -0.15) is 0 Å². The Hall–Kier alpha value is -2.98. The van der Waals surface area contributed by atoms with Crippen molar-refractivity contribution in [3.63, 3.8) is 0 Å². The molecule has 1 aliphatic heterocycles. The first kappa shape index (κ1) is 29.6. The van der Waals surface area contributed by atoms with E-state index in [4.69, 9.17) is 4.74 Å². The lowest BCUT2D eigenvalue weighted by Crippen LogP contribution is -2.31. The van der Waals surface area contributed by atoms with Crippen LogP contribution in [0, 0.1) is 0 Å². The molecule has 1 unspecified atom stereocenters. The molecule has 1 heterocycles. The number of benzene rings is 2. The molecule has 3 rings (SSSR count). The first-order valence-corrected chi connectivity index (χ1v) is 13.5. The molecule has 0 bridgehead atoms. The summed E-state index contributed by atoms with van der Waals surface area (Å²) >= 11 is 0. The monoisotopic (exact) mass is 527 g/mol. The van der Waals surface area contributed by atoms with Crippen molar-refractivity contribution in [1.82, 2.24) is 16.0 Å². The maximum atomic E-state index is 11.7. The van der Waals surface area contributed by atoms with Crippen LogP contribution in [-0.2, 0) is 29.0 Å². The van der Waals surface area contributed by atoms with Gasteiger partial charge in [0.25, 0.3) is 5.91 Å². The van der Waals surface area contributed by atoms with Gasteiger partial charge in [-0.15, -0.1) is 0 Å². The number of rotatable bonds is 18. The number of hydrogen-bond donors (Lipinski definition) is 6. The number of imide groups is 1. The Labute approximate surface area is 224 Å². The number of ether oxygens (including phenoxy) is 1. The lowest BCUT2D eigenvalue weighted by molar-refractivity contribution is -0.120. The Kier molecular flexibility index (Phi) is 12.5. The number of amides is 3. The third kappa shape index (κ3) is 10.1. The molecule has 1 saturated heterocycles. The maximum Gasteiger partial charge on any atom is 0.322 e. The summed E-state index contributed by atoms with van der Waals surface area (Å²) in [4.78, 5) is 22.9. The fourth-order valence-corrected chi connectivity index (χ4v) is 4.42. The number of aryl methyl sites for hydroxylation is 1. The Bertz CT molecular complexity index is 1010. The van der Waals surface area contributed by atoms with Gasteiger partial charge in [-0.25, -0.2) is 4.79 Å². The summed E-state index contributed by atoms with van der Waals surface area (Å²) in [5, 5.41) is 37.2. The number of hydrogen-bond acceptors (Lipinski definition) is 7. The van der Waals surface area contributed by atoms with Crippen molar-refractivity contribution >= 4 is 11.9 Å². The van der Waals surface area contributed by atoms with E-state index >= 15 is 0 Å². The predicted octanol–water partition coefficient (Wildman–Crippen LogP) is 2.86. The van der Waals surface area contributed by atoms with E-state index in [0.29, 0.717) is 24.1 Å². The Balaban J connectivity index is 1.12. The Morgan fingerprint density at radius 2 is 1.63 bits per heavy atom. The van der Waals surface area contributed by atoms with Gasteiger partial charge in [0.2, 0.25) is 0 Å². The van der Waals surface area contributed by atoms with Crippen LogP contribution in [0.4, 0.5) is 4.79 Å². The van der Waals surface area contributed by atoms with Crippen LogP contribution in [0.5, 0.6) is 5.75 Å². The molecule has 9 nitrogen and oxygen atoms in total. The van der Waals surface area contributed by atoms with Gasteiger partial charge in [0.15, 0.2) is 0 Å². The molecule has 0 spiro atoms. The van der Waals surface area contributed by atoms with Crippen LogP contribution < -0.4 is 16.0 Å². The van der Waals surface area contributed by atoms with Crippen molar-refractivity contribution in [3.8, 4) is 5.75 Å². The normalized spacial score (nSPS) is 15.9. The van der Waals surface area contributed by atoms with Gasteiger partial charge in [-0.1, -0.05) is 43.2 Å². The minimum atomic E-state index is -0.675. The van der Waals surface area contributed by atoms with E-state index in [1.54, 1.807) is 12.1 Å². The molecule has 1 aliphatic rings. The van der Waals surface area contributed by atoms with E-state index in [-0.39, 0.29) is 18.3 Å². The summed E-state index contributed by atoms with van der Waals surface area (Å²) < 4.78 is 5.76. The molecule has 0 radical (unpaired) electrons.